The molecule has 21 heavy (non-hydrogen) atoms. The number of benzene rings is 1. The summed E-state index contributed by atoms with van der Waals surface area (Å²) < 4.78 is 14.3. The third-order valence-corrected chi connectivity index (χ3v) is 5.87. The molecule has 0 aliphatic heterocycles. The summed E-state index contributed by atoms with van der Waals surface area (Å²) in [5.41, 5.74) is 1.04. The monoisotopic (exact) mass is 309 g/mol. The normalized spacial score (nSPS) is 31.0. The Morgan fingerprint density at radius 3 is 2.90 bits per heavy atom. The zero-order chi connectivity index (χ0) is 14.9. The van der Waals surface area contributed by atoms with Crippen molar-refractivity contribution in [3.05, 3.63) is 34.6 Å². The van der Waals surface area contributed by atoms with Crippen LogP contribution in [-0.2, 0) is 6.42 Å². The zero-order valence-corrected chi connectivity index (χ0v) is 13.6. The molecule has 0 saturated heterocycles. The van der Waals surface area contributed by atoms with E-state index in [1.165, 1.54) is 25.7 Å². The molecule has 1 nitrogen and oxygen atoms in total. The van der Waals surface area contributed by atoms with Gasteiger partial charge >= 0.3 is 0 Å². The smallest absolute Gasteiger partial charge is 0.144 e. The van der Waals surface area contributed by atoms with Crippen molar-refractivity contribution in [3.63, 3.8) is 0 Å². The second-order valence-corrected chi connectivity index (χ2v) is 7.42. The van der Waals surface area contributed by atoms with Gasteiger partial charge < -0.3 is 5.32 Å². The highest BCUT2D eigenvalue weighted by molar-refractivity contribution is 6.30. The van der Waals surface area contributed by atoms with Crippen LogP contribution in [0.25, 0.3) is 0 Å². The highest BCUT2D eigenvalue weighted by atomic mass is 35.5. The highest BCUT2D eigenvalue weighted by Gasteiger charge is 2.50. The van der Waals surface area contributed by atoms with Gasteiger partial charge in [-0.2, -0.15) is 0 Å². The van der Waals surface area contributed by atoms with Crippen LogP contribution in [0.4, 0.5) is 4.39 Å². The Morgan fingerprint density at radius 2 is 2.24 bits per heavy atom. The second-order valence-electron chi connectivity index (χ2n) is 7.01. The molecule has 3 heteroatoms. The van der Waals surface area contributed by atoms with Crippen molar-refractivity contribution in [1.82, 2.24) is 5.32 Å². The molecule has 3 atom stereocenters. The van der Waals surface area contributed by atoms with Gasteiger partial charge in [0.05, 0.1) is 5.02 Å². The van der Waals surface area contributed by atoms with E-state index in [2.05, 4.69) is 12.2 Å². The first-order valence-electron chi connectivity index (χ1n) is 8.28. The maximum absolute atomic E-state index is 14.3. The van der Waals surface area contributed by atoms with E-state index in [4.69, 9.17) is 11.6 Å². The van der Waals surface area contributed by atoms with Crippen LogP contribution >= 0.6 is 11.6 Å². The Balaban J connectivity index is 1.81. The summed E-state index contributed by atoms with van der Waals surface area (Å²) in [6.45, 7) is 4.27. The molecular formula is C18H25ClFN. The first kappa shape index (κ1) is 15.3. The Hall–Kier alpha value is -0.600. The molecule has 1 aromatic carbocycles. The van der Waals surface area contributed by atoms with Crippen LogP contribution < -0.4 is 5.32 Å². The number of hydrogen-bond acceptors (Lipinski definition) is 1. The van der Waals surface area contributed by atoms with Crippen LogP contribution in [-0.4, -0.2) is 13.1 Å². The molecule has 2 aliphatic rings. The molecule has 2 fully saturated rings. The van der Waals surface area contributed by atoms with Crippen LogP contribution in [0.15, 0.2) is 18.2 Å². The van der Waals surface area contributed by atoms with Gasteiger partial charge in [0.2, 0.25) is 0 Å². The summed E-state index contributed by atoms with van der Waals surface area (Å²) in [5.74, 6) is 1.41. The van der Waals surface area contributed by atoms with Crippen LogP contribution in [0.2, 0.25) is 5.02 Å². The third-order valence-electron chi connectivity index (χ3n) is 5.58. The van der Waals surface area contributed by atoms with E-state index >= 15 is 0 Å². The van der Waals surface area contributed by atoms with E-state index in [1.807, 2.05) is 12.1 Å². The van der Waals surface area contributed by atoms with E-state index in [0.29, 0.717) is 0 Å². The summed E-state index contributed by atoms with van der Waals surface area (Å²) in [5, 5.41) is 3.86. The van der Waals surface area contributed by atoms with Crippen molar-refractivity contribution >= 4 is 11.6 Å². The van der Waals surface area contributed by atoms with Gasteiger partial charge in [-0.25, -0.2) is 4.39 Å². The van der Waals surface area contributed by atoms with Gasteiger partial charge in [0.1, 0.15) is 5.82 Å². The third kappa shape index (κ3) is 2.98. The molecule has 2 aliphatic carbocycles. The molecule has 1 aromatic rings. The van der Waals surface area contributed by atoms with Gasteiger partial charge in [0.15, 0.2) is 0 Å². The van der Waals surface area contributed by atoms with Crippen LogP contribution in [0, 0.1) is 23.1 Å². The minimum absolute atomic E-state index is 0.211. The van der Waals surface area contributed by atoms with Crippen molar-refractivity contribution in [2.45, 2.75) is 45.4 Å². The first-order chi connectivity index (χ1) is 10.1. The minimum Gasteiger partial charge on any atom is -0.316 e. The van der Waals surface area contributed by atoms with Gasteiger partial charge in [-0.05, 0) is 67.5 Å². The number of rotatable bonds is 6. The summed E-state index contributed by atoms with van der Waals surface area (Å²) in [4.78, 5) is 0. The van der Waals surface area contributed by atoms with Crippen LogP contribution in [0.3, 0.4) is 0 Å². The SMILES string of the molecule is CCCNCC1(Cc2cccc(Cl)c2F)CC2CCC1C2. The van der Waals surface area contributed by atoms with Gasteiger partial charge in [-0.3, -0.25) is 0 Å². The summed E-state index contributed by atoms with van der Waals surface area (Å²) in [6, 6.07) is 5.43. The van der Waals surface area contributed by atoms with Gasteiger partial charge in [0, 0.05) is 6.54 Å². The number of nitrogens with one attached hydrogen (secondary N) is 1. The molecule has 1 N–H and O–H groups in total. The Kier molecular flexibility index (Phi) is 4.56. The van der Waals surface area contributed by atoms with Crippen LogP contribution in [0.1, 0.15) is 44.6 Å². The lowest BCUT2D eigenvalue weighted by Crippen LogP contribution is -2.41. The van der Waals surface area contributed by atoms with Crippen molar-refractivity contribution in [2.24, 2.45) is 17.3 Å². The maximum Gasteiger partial charge on any atom is 0.144 e. The summed E-state index contributed by atoms with van der Waals surface area (Å²) in [6.07, 6.45) is 7.27. The molecule has 116 valence electrons. The molecule has 3 unspecified atom stereocenters. The molecule has 0 amide bonds. The zero-order valence-electron chi connectivity index (χ0n) is 12.8. The lowest BCUT2D eigenvalue weighted by Gasteiger charge is -2.38. The Morgan fingerprint density at radius 1 is 1.38 bits per heavy atom. The second kappa shape index (κ2) is 6.26. The number of halogens is 2. The fraction of sp³-hybridized carbons (Fsp3) is 0.667. The summed E-state index contributed by atoms with van der Waals surface area (Å²) >= 11 is 5.96. The largest absolute Gasteiger partial charge is 0.316 e. The molecule has 0 heterocycles. The summed E-state index contributed by atoms with van der Waals surface area (Å²) in [7, 11) is 0. The van der Waals surface area contributed by atoms with E-state index in [9.17, 15) is 4.39 Å². The van der Waals surface area contributed by atoms with E-state index < -0.39 is 0 Å². The molecule has 0 radical (unpaired) electrons. The first-order valence-corrected chi connectivity index (χ1v) is 8.66. The quantitative estimate of drug-likeness (QED) is 0.742. The number of fused-ring (bicyclic) bond motifs is 2. The Bertz CT molecular complexity index is 504. The van der Waals surface area contributed by atoms with Gasteiger partial charge in [0.25, 0.3) is 0 Å². The van der Waals surface area contributed by atoms with Crippen molar-refractivity contribution in [2.75, 3.05) is 13.1 Å². The minimum atomic E-state index is -0.211. The average molecular weight is 310 g/mol. The predicted octanol–water partition coefficient (Wildman–Crippen LogP) is 4.83. The van der Waals surface area contributed by atoms with Crippen molar-refractivity contribution < 1.29 is 4.39 Å². The highest BCUT2D eigenvalue weighted by Crippen LogP contribution is 2.57. The molecule has 3 rings (SSSR count). The molecule has 2 bridgehead atoms. The van der Waals surface area contributed by atoms with Crippen molar-refractivity contribution in [3.8, 4) is 0 Å². The topological polar surface area (TPSA) is 12.0 Å². The molecule has 0 spiro atoms. The average Bonchev–Trinajstić information content (AvgIpc) is 3.05. The van der Waals surface area contributed by atoms with Crippen molar-refractivity contribution in [1.29, 1.82) is 0 Å². The maximum atomic E-state index is 14.3. The molecule has 0 aromatic heterocycles. The number of hydrogen-bond donors (Lipinski definition) is 1. The fourth-order valence-electron chi connectivity index (χ4n) is 4.63. The van der Waals surface area contributed by atoms with E-state index in [-0.39, 0.29) is 16.3 Å². The van der Waals surface area contributed by atoms with Crippen LogP contribution in [0.5, 0.6) is 0 Å². The molecule has 2 saturated carbocycles. The lowest BCUT2D eigenvalue weighted by molar-refractivity contribution is 0.155. The van der Waals surface area contributed by atoms with E-state index in [0.717, 1.165) is 43.3 Å². The predicted molar refractivity (Wildman–Crippen MR) is 86.2 cm³/mol. The standard InChI is InChI=1S/C18H25ClFN/c1-2-8-21-12-18(10-13-6-7-15(18)9-13)11-14-4-3-5-16(19)17(14)20/h3-5,13,15,21H,2,6-12H2,1H3. The lowest BCUT2D eigenvalue weighted by atomic mass is 9.69. The van der Waals surface area contributed by atoms with Gasteiger partial charge in [-0.15, -0.1) is 0 Å². The fourth-order valence-corrected chi connectivity index (χ4v) is 4.83. The van der Waals surface area contributed by atoms with E-state index in [1.54, 1.807) is 6.07 Å². The Labute approximate surface area is 132 Å². The molecular weight excluding hydrogens is 285 g/mol. The van der Waals surface area contributed by atoms with Gasteiger partial charge in [-0.1, -0.05) is 37.1 Å².